The zero-order chi connectivity index (χ0) is 17.6. The van der Waals surface area contributed by atoms with E-state index in [1.807, 2.05) is 26.2 Å². The topological polar surface area (TPSA) is 73.4 Å². The second-order valence-corrected chi connectivity index (χ2v) is 5.08. The van der Waals surface area contributed by atoms with Gasteiger partial charge in [0.1, 0.15) is 0 Å². The van der Waals surface area contributed by atoms with Gasteiger partial charge in [-0.25, -0.2) is 4.79 Å². The predicted octanol–water partition coefficient (Wildman–Crippen LogP) is 2.27. The molecule has 2 aromatic rings. The maximum atomic E-state index is 11.6. The predicted molar refractivity (Wildman–Crippen MR) is 80.5 cm³/mol. The lowest BCUT2D eigenvalue weighted by Gasteiger charge is -2.09. The van der Waals surface area contributed by atoms with Gasteiger partial charge < -0.3 is 15.0 Å². The van der Waals surface area contributed by atoms with Gasteiger partial charge in [-0.1, -0.05) is 6.07 Å². The second kappa shape index (κ2) is 7.77. The molecule has 2 N–H and O–H groups in total. The molecule has 23 heavy (non-hydrogen) atoms. The first kappa shape index (κ1) is 18.7. The number of benzene rings is 1. The fourth-order valence-corrected chi connectivity index (χ4v) is 1.73. The number of aromatic amines is 1. The van der Waals surface area contributed by atoms with Crippen LogP contribution in [0.15, 0.2) is 35.3 Å². The summed E-state index contributed by atoms with van der Waals surface area (Å²) in [4.78, 5) is 25.7. The molecule has 0 spiro atoms. The summed E-state index contributed by atoms with van der Waals surface area (Å²) in [6.45, 7) is 0.996. The highest BCUT2D eigenvalue weighted by molar-refractivity contribution is 5.78. The zero-order valence-electron chi connectivity index (χ0n) is 12.6. The van der Waals surface area contributed by atoms with Crippen molar-refractivity contribution in [1.82, 2.24) is 9.88 Å². The first-order valence-electron chi connectivity index (χ1n) is 6.66. The van der Waals surface area contributed by atoms with E-state index in [9.17, 15) is 18.0 Å². The Hall–Kier alpha value is -2.35. The Balaban J connectivity index is 0.000000322. The van der Waals surface area contributed by atoms with Crippen LogP contribution in [0.5, 0.6) is 0 Å². The Morgan fingerprint density at radius 1 is 1.26 bits per heavy atom. The lowest BCUT2D eigenvalue weighted by atomic mass is 10.1. The van der Waals surface area contributed by atoms with Crippen LogP contribution >= 0.6 is 0 Å². The summed E-state index contributed by atoms with van der Waals surface area (Å²) in [6.07, 6.45) is -2.43. The molecule has 0 aliphatic carbocycles. The number of rotatable bonds is 3. The van der Waals surface area contributed by atoms with Crippen molar-refractivity contribution in [3.05, 3.63) is 46.2 Å². The molecule has 0 saturated carbocycles. The van der Waals surface area contributed by atoms with E-state index in [1.165, 1.54) is 5.56 Å². The molecule has 2 rings (SSSR count). The molecule has 0 unspecified atom stereocenters. The largest absolute Gasteiger partial charge is 0.490 e. The fourth-order valence-electron chi connectivity index (χ4n) is 1.73. The molecule has 1 aromatic carbocycles. The molecule has 0 atom stereocenters. The van der Waals surface area contributed by atoms with E-state index in [4.69, 9.17) is 9.90 Å². The van der Waals surface area contributed by atoms with Gasteiger partial charge in [-0.2, -0.15) is 13.2 Å². The number of fused-ring (bicyclic) bond motifs is 1. The van der Waals surface area contributed by atoms with Crippen molar-refractivity contribution in [2.24, 2.45) is 0 Å². The Morgan fingerprint density at radius 3 is 2.39 bits per heavy atom. The summed E-state index contributed by atoms with van der Waals surface area (Å²) >= 11 is 0. The first-order valence-corrected chi connectivity index (χ1v) is 6.66. The Morgan fingerprint density at radius 2 is 1.87 bits per heavy atom. The standard InChI is InChI=1S/C13H16N2O.C2HF3O2/c1-15(2)8-6-10-3-4-12-11(9-10)13(16)5-7-14-12;3-2(4,5)1(6)7/h3-5,7,9H,6,8H2,1-2H3,(H,14,16);(H,6,7). The number of H-pyrrole nitrogens is 1. The first-order chi connectivity index (χ1) is 10.6. The number of aliphatic carboxylic acids is 1. The molecule has 8 heteroatoms. The molecule has 0 aliphatic rings. The third-order valence-electron chi connectivity index (χ3n) is 2.91. The average molecular weight is 330 g/mol. The number of aromatic nitrogens is 1. The molecule has 0 bridgehead atoms. The van der Waals surface area contributed by atoms with E-state index in [-0.39, 0.29) is 5.43 Å². The van der Waals surface area contributed by atoms with Gasteiger partial charge in [-0.05, 0) is 38.2 Å². The number of likely N-dealkylation sites (N-methyl/N-ethyl adjacent to an activating group) is 1. The molecule has 5 nitrogen and oxygen atoms in total. The highest BCUT2D eigenvalue weighted by Crippen LogP contribution is 2.13. The van der Waals surface area contributed by atoms with Crippen LogP contribution in [0, 0.1) is 0 Å². The smallest absolute Gasteiger partial charge is 0.475 e. The number of carbonyl (C=O) groups is 1. The van der Waals surface area contributed by atoms with Crippen molar-refractivity contribution in [3.63, 3.8) is 0 Å². The summed E-state index contributed by atoms with van der Waals surface area (Å²) in [5, 5.41) is 7.90. The zero-order valence-corrected chi connectivity index (χ0v) is 12.6. The van der Waals surface area contributed by atoms with Gasteiger partial charge in [-0.3, -0.25) is 4.79 Å². The van der Waals surface area contributed by atoms with E-state index in [2.05, 4.69) is 16.0 Å². The van der Waals surface area contributed by atoms with E-state index in [0.29, 0.717) is 0 Å². The van der Waals surface area contributed by atoms with E-state index < -0.39 is 12.1 Å². The number of carboxylic acid groups (broad SMARTS) is 1. The SMILES string of the molecule is CN(C)CCc1ccc2[nH]ccc(=O)c2c1.O=C(O)C(F)(F)F. The number of nitrogens with one attached hydrogen (secondary N) is 1. The molecule has 0 fully saturated rings. The van der Waals surface area contributed by atoms with Crippen LogP contribution in [0.4, 0.5) is 13.2 Å². The number of hydrogen-bond acceptors (Lipinski definition) is 3. The highest BCUT2D eigenvalue weighted by Gasteiger charge is 2.38. The van der Waals surface area contributed by atoms with Gasteiger partial charge in [0.2, 0.25) is 0 Å². The van der Waals surface area contributed by atoms with E-state index in [1.54, 1.807) is 12.3 Å². The number of halogens is 3. The van der Waals surface area contributed by atoms with Crippen LogP contribution in [0.2, 0.25) is 0 Å². The van der Waals surface area contributed by atoms with Gasteiger partial charge in [0, 0.05) is 29.7 Å². The molecular weight excluding hydrogens is 313 g/mol. The Kier molecular flexibility index (Phi) is 6.32. The molecule has 0 aliphatic heterocycles. The fraction of sp³-hybridized carbons (Fsp3) is 0.333. The van der Waals surface area contributed by atoms with E-state index in [0.717, 1.165) is 23.9 Å². The summed E-state index contributed by atoms with van der Waals surface area (Å²) in [5.41, 5.74) is 2.19. The molecule has 0 amide bonds. The monoisotopic (exact) mass is 330 g/mol. The summed E-state index contributed by atoms with van der Waals surface area (Å²) in [7, 11) is 4.10. The number of alkyl halides is 3. The maximum Gasteiger partial charge on any atom is 0.490 e. The normalized spacial score (nSPS) is 11.2. The van der Waals surface area contributed by atoms with Crippen LogP contribution in [-0.4, -0.2) is 47.8 Å². The lowest BCUT2D eigenvalue weighted by Crippen LogP contribution is -2.21. The van der Waals surface area contributed by atoms with Crippen LogP contribution < -0.4 is 5.43 Å². The summed E-state index contributed by atoms with van der Waals surface area (Å²) < 4.78 is 31.7. The van der Waals surface area contributed by atoms with E-state index >= 15 is 0 Å². The number of pyridine rings is 1. The van der Waals surface area contributed by atoms with Crippen molar-refractivity contribution >= 4 is 16.9 Å². The van der Waals surface area contributed by atoms with Gasteiger partial charge >= 0.3 is 12.1 Å². The van der Waals surface area contributed by atoms with Crippen LogP contribution in [-0.2, 0) is 11.2 Å². The average Bonchev–Trinajstić information content (AvgIpc) is 2.45. The van der Waals surface area contributed by atoms with Crippen molar-refractivity contribution < 1.29 is 23.1 Å². The third-order valence-corrected chi connectivity index (χ3v) is 2.91. The number of carboxylic acids is 1. The van der Waals surface area contributed by atoms with Crippen molar-refractivity contribution in [2.75, 3.05) is 20.6 Å². The number of hydrogen-bond donors (Lipinski definition) is 2. The Bertz CT molecular complexity index is 724. The third kappa shape index (κ3) is 6.11. The molecule has 126 valence electrons. The lowest BCUT2D eigenvalue weighted by molar-refractivity contribution is -0.192. The molecule has 0 saturated heterocycles. The van der Waals surface area contributed by atoms with Crippen LogP contribution in [0.3, 0.4) is 0 Å². The van der Waals surface area contributed by atoms with Gasteiger partial charge in [-0.15, -0.1) is 0 Å². The summed E-state index contributed by atoms with van der Waals surface area (Å²) in [5.74, 6) is -2.76. The van der Waals surface area contributed by atoms with Crippen molar-refractivity contribution in [3.8, 4) is 0 Å². The van der Waals surface area contributed by atoms with Gasteiger partial charge in [0.25, 0.3) is 0 Å². The van der Waals surface area contributed by atoms with Gasteiger partial charge in [0.05, 0.1) is 0 Å². The minimum atomic E-state index is -5.08. The molecule has 1 heterocycles. The number of nitrogens with zero attached hydrogens (tertiary/aromatic N) is 1. The molecule has 0 radical (unpaired) electrons. The Labute approximate surface area is 130 Å². The quantitative estimate of drug-likeness (QED) is 0.905. The maximum absolute atomic E-state index is 11.6. The van der Waals surface area contributed by atoms with Gasteiger partial charge in [0.15, 0.2) is 5.43 Å². The highest BCUT2D eigenvalue weighted by atomic mass is 19.4. The minimum Gasteiger partial charge on any atom is -0.475 e. The molecule has 1 aromatic heterocycles. The van der Waals surface area contributed by atoms with Crippen molar-refractivity contribution in [2.45, 2.75) is 12.6 Å². The second-order valence-electron chi connectivity index (χ2n) is 5.08. The molecular formula is C15H17F3N2O3. The van der Waals surface area contributed by atoms with Crippen molar-refractivity contribution in [1.29, 1.82) is 0 Å². The minimum absolute atomic E-state index is 0.0838. The van der Waals surface area contributed by atoms with Crippen LogP contribution in [0.25, 0.3) is 10.9 Å². The summed E-state index contributed by atoms with van der Waals surface area (Å²) in [6, 6.07) is 7.60. The van der Waals surface area contributed by atoms with Crippen LogP contribution in [0.1, 0.15) is 5.56 Å².